The van der Waals surface area contributed by atoms with Crippen LogP contribution in [0.4, 0.5) is 0 Å². The molecule has 8 rings (SSSR count). The number of hydrogen-bond donors (Lipinski definition) is 0. The third-order valence-electron chi connectivity index (χ3n) is 7.70. The molecule has 8 aromatic rings. The molecule has 0 radical (unpaired) electrons. The first-order chi connectivity index (χ1) is 29.5. The van der Waals surface area contributed by atoms with Crippen molar-refractivity contribution < 1.29 is 27.7 Å². The lowest BCUT2D eigenvalue weighted by Gasteiger charge is -2.21. The predicted molar refractivity (Wildman–Crippen MR) is 193 cm³/mol. The second kappa shape index (κ2) is 11.0. The van der Waals surface area contributed by atoms with E-state index in [4.69, 9.17) is 19.5 Å². The molecular formula is C44H30O. The Balaban J connectivity index is 1.72. The van der Waals surface area contributed by atoms with Crippen LogP contribution in [0.5, 0.6) is 0 Å². The average Bonchev–Trinajstić information content (AvgIpc) is 3.66. The van der Waals surface area contributed by atoms with Crippen molar-refractivity contribution in [1.29, 1.82) is 0 Å². The maximum absolute atomic E-state index is 9.59. The van der Waals surface area contributed by atoms with Gasteiger partial charge in [-0.25, -0.2) is 0 Å². The zero-order chi connectivity index (χ0) is 44.8. The molecule has 0 saturated carbocycles. The normalized spacial score (nSPS) is 17.6. The van der Waals surface area contributed by atoms with Crippen LogP contribution in [0.25, 0.3) is 89.3 Å². The van der Waals surface area contributed by atoms with Crippen LogP contribution in [-0.4, -0.2) is 0 Å². The summed E-state index contributed by atoms with van der Waals surface area (Å²) >= 11 is 0. The SMILES string of the molecule is [2H]C=C([2H])c1c(C([2H])=C[2H])c(-c2cc(-c3c([2H])c([2H])c([2H])c([2H])c3[2H])cc3oc4ccccc4c23)c2c([2H])c([2H])c([2H])c([2H])c2c1-c1c([2H])c([2H])c([2H])c(-c2ccccc2)c1[2H]. The molecule has 7 aromatic carbocycles. The van der Waals surface area contributed by atoms with Gasteiger partial charge in [0.2, 0.25) is 0 Å². The molecule has 1 nitrogen and oxygen atoms in total. The van der Waals surface area contributed by atoms with Gasteiger partial charge in [0, 0.05) is 10.8 Å². The highest BCUT2D eigenvalue weighted by Gasteiger charge is 2.23. The molecule has 0 unspecified atom stereocenters. The fraction of sp³-hybridized carbons (Fsp3) is 0. The molecule has 0 N–H and O–H groups in total. The quantitative estimate of drug-likeness (QED) is 0.187. The number of hydrogen-bond acceptors (Lipinski definition) is 1. The highest BCUT2D eigenvalue weighted by Crippen LogP contribution is 2.48. The largest absolute Gasteiger partial charge is 0.456 e. The van der Waals surface area contributed by atoms with E-state index < -0.39 is 102 Å². The van der Waals surface area contributed by atoms with Gasteiger partial charge in [0.15, 0.2) is 0 Å². The first kappa shape index (κ1) is 14.2. The molecule has 212 valence electrons. The van der Waals surface area contributed by atoms with Crippen molar-refractivity contribution in [2.45, 2.75) is 0 Å². The van der Waals surface area contributed by atoms with Crippen LogP contribution in [-0.2, 0) is 0 Å². The average molecular weight is 592 g/mol. The van der Waals surface area contributed by atoms with Gasteiger partial charge in [0.1, 0.15) is 11.2 Å². The fourth-order valence-electron chi connectivity index (χ4n) is 5.80. The predicted octanol–water partition coefficient (Wildman–Crippen LogP) is 12.7. The van der Waals surface area contributed by atoms with Crippen LogP contribution in [0.3, 0.4) is 0 Å². The van der Waals surface area contributed by atoms with Crippen LogP contribution < -0.4 is 0 Å². The minimum Gasteiger partial charge on any atom is -0.456 e. The number of rotatable bonds is 6. The maximum atomic E-state index is 9.59. The van der Waals surface area contributed by atoms with E-state index >= 15 is 0 Å². The molecule has 45 heavy (non-hydrogen) atoms. The Morgan fingerprint density at radius 2 is 1.22 bits per heavy atom. The van der Waals surface area contributed by atoms with Crippen molar-refractivity contribution in [2.75, 3.05) is 0 Å². The molecule has 0 fully saturated rings. The molecule has 0 aliphatic carbocycles. The van der Waals surface area contributed by atoms with E-state index in [1.807, 2.05) is 0 Å². The minimum absolute atomic E-state index is 0.0110. The Labute approximate surface area is 286 Å². The summed E-state index contributed by atoms with van der Waals surface area (Å²) in [5, 5.41) is 0.0469. The van der Waals surface area contributed by atoms with E-state index in [2.05, 4.69) is 0 Å². The van der Waals surface area contributed by atoms with Gasteiger partial charge in [-0.2, -0.15) is 0 Å². The zero-order valence-corrected chi connectivity index (χ0v) is 23.4. The van der Waals surface area contributed by atoms with Gasteiger partial charge >= 0.3 is 0 Å². The fourth-order valence-corrected chi connectivity index (χ4v) is 5.80. The molecule has 0 bridgehead atoms. The Morgan fingerprint density at radius 3 is 2.02 bits per heavy atom. The van der Waals surface area contributed by atoms with Gasteiger partial charge in [0.05, 0.1) is 23.3 Å². The Hall–Kier alpha value is -5.92. The van der Waals surface area contributed by atoms with Crippen molar-refractivity contribution in [1.82, 2.24) is 0 Å². The number of fused-ring (bicyclic) bond motifs is 4. The van der Waals surface area contributed by atoms with Crippen LogP contribution in [0.1, 0.15) is 34.4 Å². The van der Waals surface area contributed by atoms with Crippen molar-refractivity contribution in [3.63, 3.8) is 0 Å². The summed E-state index contributed by atoms with van der Waals surface area (Å²) in [4.78, 5) is 0. The molecular weight excluding hydrogens is 544 g/mol. The summed E-state index contributed by atoms with van der Waals surface area (Å²) in [6.45, 7) is 1.21. The first-order valence-corrected chi connectivity index (χ1v) is 13.9. The lowest BCUT2D eigenvalue weighted by atomic mass is 9.81. The molecule has 0 spiro atoms. The molecule has 1 heteroatoms. The van der Waals surface area contributed by atoms with Gasteiger partial charge in [-0.05, 0) is 90.6 Å². The minimum atomic E-state index is -0.756. The first-order valence-electron chi connectivity index (χ1n) is 22.5. The summed E-state index contributed by atoms with van der Waals surface area (Å²) in [6.07, 6.45) is 0. The molecule has 1 aromatic heterocycles. The van der Waals surface area contributed by atoms with Crippen molar-refractivity contribution in [3.8, 4) is 44.5 Å². The van der Waals surface area contributed by atoms with Crippen molar-refractivity contribution in [2.24, 2.45) is 0 Å². The van der Waals surface area contributed by atoms with Crippen LogP contribution >= 0.6 is 0 Å². The topological polar surface area (TPSA) is 13.1 Å². The Kier molecular flexibility index (Phi) is 3.47. The summed E-state index contributed by atoms with van der Waals surface area (Å²) < 4.78 is 158. The van der Waals surface area contributed by atoms with Gasteiger partial charge < -0.3 is 4.42 Å². The summed E-state index contributed by atoms with van der Waals surface area (Å²) in [5.41, 5.74) is -1.35. The highest BCUT2D eigenvalue weighted by molar-refractivity contribution is 6.20. The van der Waals surface area contributed by atoms with E-state index in [0.29, 0.717) is 29.6 Å². The van der Waals surface area contributed by atoms with Gasteiger partial charge in [-0.1, -0.05) is 146 Å². The van der Waals surface area contributed by atoms with Crippen LogP contribution in [0.2, 0.25) is 0 Å². The number of para-hydroxylation sites is 1. The van der Waals surface area contributed by atoms with Gasteiger partial charge in [-0.15, -0.1) is 0 Å². The Morgan fingerprint density at radius 1 is 0.556 bits per heavy atom. The maximum Gasteiger partial charge on any atom is 0.136 e. The lowest BCUT2D eigenvalue weighted by molar-refractivity contribution is 0.669. The van der Waals surface area contributed by atoms with Gasteiger partial charge in [-0.3, -0.25) is 0 Å². The van der Waals surface area contributed by atoms with E-state index in [-0.39, 0.29) is 60.7 Å². The lowest BCUT2D eigenvalue weighted by Crippen LogP contribution is -1.97. The van der Waals surface area contributed by atoms with Crippen molar-refractivity contribution >= 4 is 44.8 Å². The van der Waals surface area contributed by atoms with Crippen LogP contribution in [0.15, 0.2) is 163 Å². The zero-order valence-electron chi connectivity index (χ0n) is 40.4. The highest BCUT2D eigenvalue weighted by atomic mass is 16.3. The van der Waals surface area contributed by atoms with E-state index in [9.17, 15) is 8.22 Å². The molecule has 0 atom stereocenters. The molecule has 0 saturated heterocycles. The molecule has 0 amide bonds. The summed E-state index contributed by atoms with van der Waals surface area (Å²) in [5.74, 6) is 0. The third-order valence-corrected chi connectivity index (χ3v) is 7.70. The number of benzene rings is 7. The Bertz CT molecular complexity index is 3290. The second-order valence-corrected chi connectivity index (χ2v) is 10.1. The molecule has 0 aliphatic rings. The molecule has 0 aliphatic heterocycles. The smallest absolute Gasteiger partial charge is 0.136 e. The van der Waals surface area contributed by atoms with Crippen LogP contribution in [0, 0.1) is 0 Å². The monoisotopic (exact) mass is 591 g/mol. The summed E-state index contributed by atoms with van der Waals surface area (Å²) in [7, 11) is 0. The number of furan rings is 1. The van der Waals surface area contributed by atoms with E-state index in [1.165, 1.54) is 12.1 Å². The van der Waals surface area contributed by atoms with Crippen molar-refractivity contribution in [3.05, 3.63) is 170 Å². The van der Waals surface area contributed by atoms with E-state index in [0.717, 1.165) is 0 Å². The second-order valence-electron chi connectivity index (χ2n) is 10.1. The summed E-state index contributed by atoms with van der Waals surface area (Å²) in [6, 6.07) is 8.21. The standard InChI is InChI=1S/C44H30O/c1-3-34-35(4-2)43(37-23-12-11-22-36(37)42(34)32-21-15-20-31(26-32)29-16-7-5-8-17-29)39-27-33(30-18-9-6-10-19-30)28-41-44(39)38-24-13-14-25-40(38)45-41/h3-28H,1-2H2/i1D,2D,3D,4D,6D,9D,10D,11D,12D,15D,18D,19D,20D,21D,22D,23D,26D. The van der Waals surface area contributed by atoms with E-state index in [1.54, 1.807) is 54.6 Å². The van der Waals surface area contributed by atoms with Gasteiger partial charge in [0.25, 0.3) is 0 Å². The third kappa shape index (κ3) is 4.41. The molecule has 1 heterocycles.